The van der Waals surface area contributed by atoms with Crippen LogP contribution in [0.4, 0.5) is 0 Å². The molecule has 0 bridgehead atoms. The van der Waals surface area contributed by atoms with Crippen molar-refractivity contribution >= 4 is 25.7 Å². The summed E-state index contributed by atoms with van der Waals surface area (Å²) in [6.07, 6.45) is 52.2. The largest absolute Gasteiger partial charge is 0.480 e. The maximum Gasteiger partial charge on any atom is 0.472 e. The number of hydrogen-bond acceptors (Lipinski definition) is 9. The van der Waals surface area contributed by atoms with Gasteiger partial charge in [0.2, 0.25) is 0 Å². The van der Waals surface area contributed by atoms with Crippen molar-refractivity contribution in [3.05, 3.63) is 36.5 Å². The first-order chi connectivity index (χ1) is 30.6. The topological polar surface area (TPSA) is 172 Å². The van der Waals surface area contributed by atoms with Crippen molar-refractivity contribution in [2.45, 2.75) is 251 Å². The van der Waals surface area contributed by atoms with Crippen molar-refractivity contribution in [2.24, 2.45) is 5.73 Å². The number of esters is 2. The van der Waals surface area contributed by atoms with E-state index >= 15 is 0 Å². The number of carbonyl (C=O) groups is 3. The molecule has 0 radical (unpaired) electrons. The first-order valence-electron chi connectivity index (χ1n) is 25.5. The van der Waals surface area contributed by atoms with E-state index in [0.717, 1.165) is 38.5 Å². The van der Waals surface area contributed by atoms with Gasteiger partial charge in [0.05, 0.1) is 13.2 Å². The van der Waals surface area contributed by atoms with Crippen LogP contribution in [0, 0.1) is 0 Å². The maximum absolute atomic E-state index is 12.7. The molecule has 0 aromatic carbocycles. The zero-order valence-electron chi connectivity index (χ0n) is 40.2. The third kappa shape index (κ3) is 46.0. The molecule has 0 saturated heterocycles. The molecule has 0 heterocycles. The number of carboxylic acid groups (broad SMARTS) is 1. The predicted molar refractivity (Wildman–Crippen MR) is 259 cm³/mol. The summed E-state index contributed by atoms with van der Waals surface area (Å²) < 4.78 is 32.8. The second-order valence-electron chi connectivity index (χ2n) is 17.3. The first kappa shape index (κ1) is 60.7. The van der Waals surface area contributed by atoms with Gasteiger partial charge in [0.25, 0.3) is 0 Å². The summed E-state index contributed by atoms with van der Waals surface area (Å²) in [7, 11) is -4.73. The number of rotatable bonds is 48. The average molecular weight is 912 g/mol. The van der Waals surface area contributed by atoms with Gasteiger partial charge in [-0.05, 0) is 44.9 Å². The molecular formula is C51H94NO10P. The minimum Gasteiger partial charge on any atom is -0.480 e. The summed E-state index contributed by atoms with van der Waals surface area (Å²) in [5.74, 6) is -2.43. The van der Waals surface area contributed by atoms with Crippen molar-refractivity contribution < 1.29 is 47.5 Å². The third-order valence-corrected chi connectivity index (χ3v) is 12.1. The second kappa shape index (κ2) is 46.2. The van der Waals surface area contributed by atoms with E-state index in [1.165, 1.54) is 154 Å². The van der Waals surface area contributed by atoms with E-state index in [-0.39, 0.29) is 19.4 Å². The molecule has 0 saturated carbocycles. The Hall–Kier alpha value is -2.30. The smallest absolute Gasteiger partial charge is 0.472 e. The molecule has 368 valence electrons. The second-order valence-corrected chi connectivity index (χ2v) is 18.8. The fourth-order valence-electron chi connectivity index (χ4n) is 7.14. The van der Waals surface area contributed by atoms with Crippen LogP contribution in [0.2, 0.25) is 0 Å². The van der Waals surface area contributed by atoms with Gasteiger partial charge in [-0.15, -0.1) is 0 Å². The van der Waals surface area contributed by atoms with Crippen LogP contribution in [0.1, 0.15) is 239 Å². The minimum atomic E-state index is -4.73. The maximum atomic E-state index is 12.7. The van der Waals surface area contributed by atoms with Gasteiger partial charge in [-0.1, -0.05) is 217 Å². The van der Waals surface area contributed by atoms with Gasteiger partial charge < -0.3 is 25.2 Å². The minimum absolute atomic E-state index is 0.152. The molecule has 1 unspecified atom stereocenters. The normalized spacial score (nSPS) is 13.8. The summed E-state index contributed by atoms with van der Waals surface area (Å²) >= 11 is 0. The Morgan fingerprint density at radius 3 is 1.30 bits per heavy atom. The van der Waals surface area contributed by atoms with E-state index in [1.807, 2.05) is 6.08 Å². The molecule has 0 amide bonds. The highest BCUT2D eigenvalue weighted by molar-refractivity contribution is 7.47. The number of phosphoric acid groups is 1. The van der Waals surface area contributed by atoms with Gasteiger partial charge in [-0.3, -0.25) is 23.4 Å². The van der Waals surface area contributed by atoms with Crippen LogP contribution in [-0.2, 0) is 37.5 Å². The van der Waals surface area contributed by atoms with Crippen LogP contribution >= 0.6 is 7.82 Å². The number of phosphoric ester groups is 1. The average Bonchev–Trinajstić information content (AvgIpc) is 3.26. The SMILES string of the molecule is CCCCCCCC/C=C/C/C=C/C/C=C/CCCC(=O)OC[C@H](COP(=O)(O)OC[C@H](N)C(=O)O)OC(=O)CCCCCCCCCCCCCCCCCCCCCCCC. The molecule has 0 rings (SSSR count). The highest BCUT2D eigenvalue weighted by atomic mass is 31.2. The van der Waals surface area contributed by atoms with Crippen molar-refractivity contribution in [2.75, 3.05) is 19.8 Å². The van der Waals surface area contributed by atoms with E-state index in [1.54, 1.807) is 0 Å². The van der Waals surface area contributed by atoms with E-state index in [2.05, 4.69) is 48.8 Å². The molecule has 63 heavy (non-hydrogen) atoms. The molecule has 0 aliphatic carbocycles. The molecule has 0 spiro atoms. The number of carbonyl (C=O) groups excluding carboxylic acids is 2. The van der Waals surface area contributed by atoms with Gasteiger partial charge in [0.1, 0.15) is 12.6 Å². The first-order valence-corrected chi connectivity index (χ1v) is 27.0. The molecule has 12 heteroatoms. The van der Waals surface area contributed by atoms with Crippen molar-refractivity contribution in [1.29, 1.82) is 0 Å². The lowest BCUT2D eigenvalue weighted by atomic mass is 10.0. The zero-order valence-corrected chi connectivity index (χ0v) is 41.1. The Balaban J connectivity index is 4.28. The molecule has 11 nitrogen and oxygen atoms in total. The molecular weight excluding hydrogens is 818 g/mol. The van der Waals surface area contributed by atoms with Crippen molar-refractivity contribution in [3.63, 3.8) is 0 Å². The molecule has 0 aliphatic heterocycles. The van der Waals surface area contributed by atoms with Crippen LogP contribution in [-0.4, -0.2) is 59.9 Å². The molecule has 0 aliphatic rings. The highest BCUT2D eigenvalue weighted by Gasteiger charge is 2.28. The van der Waals surface area contributed by atoms with Crippen LogP contribution in [0.15, 0.2) is 36.5 Å². The fourth-order valence-corrected chi connectivity index (χ4v) is 7.92. The Labute approximate surface area is 384 Å². The number of aliphatic carboxylic acids is 1. The molecule has 0 aromatic heterocycles. The standard InChI is InChI=1S/C51H94NO10P/c1-3-5-7-9-11-13-15-17-19-21-22-23-24-25-27-29-31-33-35-37-39-41-43-50(54)62-47(45-60-63(57,58)61-46-48(52)51(55)56)44-59-49(53)42-40-38-36-34-32-30-28-26-20-18-16-14-12-10-8-6-4-2/h18,20,28,30,34,36,47-48H,3-17,19,21-27,29,31-33,35,37-46,52H2,1-2H3,(H,55,56)(H,57,58)/b20-18+,30-28+,36-34+/t47-,48+/m1/s1. The zero-order chi connectivity index (χ0) is 46.3. The number of carboxylic acids is 1. The number of hydrogen-bond donors (Lipinski definition) is 3. The van der Waals surface area contributed by atoms with Gasteiger partial charge >= 0.3 is 25.7 Å². The Morgan fingerprint density at radius 1 is 0.492 bits per heavy atom. The number of unbranched alkanes of at least 4 members (excludes halogenated alkanes) is 28. The number of ether oxygens (including phenoxy) is 2. The summed E-state index contributed by atoms with van der Waals surface area (Å²) in [5.41, 5.74) is 5.35. The summed E-state index contributed by atoms with van der Waals surface area (Å²) in [6.45, 7) is 2.79. The van der Waals surface area contributed by atoms with Crippen molar-refractivity contribution in [1.82, 2.24) is 0 Å². The summed E-state index contributed by atoms with van der Waals surface area (Å²) in [5, 5.41) is 8.92. The number of nitrogens with two attached hydrogens (primary N) is 1. The lowest BCUT2D eigenvalue weighted by Crippen LogP contribution is -2.34. The number of allylic oxidation sites excluding steroid dienone is 6. The van der Waals surface area contributed by atoms with Crippen molar-refractivity contribution in [3.8, 4) is 0 Å². The third-order valence-electron chi connectivity index (χ3n) is 11.1. The Bertz CT molecular complexity index is 1210. The van der Waals surface area contributed by atoms with E-state index in [0.29, 0.717) is 19.3 Å². The molecule has 3 atom stereocenters. The molecule has 0 aromatic rings. The predicted octanol–water partition coefficient (Wildman–Crippen LogP) is 14.3. The van der Waals surface area contributed by atoms with E-state index in [9.17, 15) is 23.8 Å². The van der Waals surface area contributed by atoms with Gasteiger partial charge in [0.15, 0.2) is 6.10 Å². The Morgan fingerprint density at radius 2 is 0.857 bits per heavy atom. The monoisotopic (exact) mass is 912 g/mol. The fraction of sp³-hybridized carbons (Fsp3) is 0.824. The lowest BCUT2D eigenvalue weighted by molar-refractivity contribution is -0.161. The van der Waals surface area contributed by atoms with Gasteiger partial charge in [-0.25, -0.2) is 4.57 Å². The van der Waals surface area contributed by atoms with Crippen LogP contribution in [0.3, 0.4) is 0 Å². The van der Waals surface area contributed by atoms with Gasteiger partial charge in [0, 0.05) is 12.8 Å². The lowest BCUT2D eigenvalue weighted by Gasteiger charge is -2.20. The molecule has 0 fully saturated rings. The molecule has 4 N–H and O–H groups in total. The van der Waals surface area contributed by atoms with Gasteiger partial charge in [-0.2, -0.15) is 0 Å². The summed E-state index contributed by atoms with van der Waals surface area (Å²) in [6, 6.07) is -1.53. The Kier molecular flexibility index (Phi) is 44.5. The van der Waals surface area contributed by atoms with Crippen LogP contribution in [0.5, 0.6) is 0 Å². The van der Waals surface area contributed by atoms with E-state index in [4.69, 9.17) is 24.8 Å². The van der Waals surface area contributed by atoms with Crippen LogP contribution in [0.25, 0.3) is 0 Å². The van der Waals surface area contributed by atoms with E-state index < -0.39 is 51.1 Å². The highest BCUT2D eigenvalue weighted by Crippen LogP contribution is 2.43. The quantitative estimate of drug-likeness (QED) is 0.0230. The van der Waals surface area contributed by atoms with Crippen LogP contribution < -0.4 is 5.73 Å². The summed E-state index contributed by atoms with van der Waals surface area (Å²) in [4.78, 5) is 46.1.